The summed E-state index contributed by atoms with van der Waals surface area (Å²) in [7, 11) is 0. The number of carbonyl (C=O) groups is 1. The molecule has 0 aromatic heterocycles. The molecule has 1 aliphatic carbocycles. The second kappa shape index (κ2) is 5.17. The highest BCUT2D eigenvalue weighted by atomic mass is 16.4. The summed E-state index contributed by atoms with van der Waals surface area (Å²) in [6, 6.07) is 0.707. The summed E-state index contributed by atoms with van der Waals surface area (Å²) in [5.74, 6) is 0.776. The fourth-order valence-corrected chi connectivity index (χ4v) is 2.83. The smallest absolute Gasteiger partial charge is 0.303 e. The van der Waals surface area contributed by atoms with Crippen LogP contribution in [0.4, 0.5) is 0 Å². The van der Waals surface area contributed by atoms with E-state index >= 15 is 0 Å². The van der Waals surface area contributed by atoms with Gasteiger partial charge >= 0.3 is 5.97 Å². The van der Waals surface area contributed by atoms with Gasteiger partial charge < -0.3 is 10.0 Å². The van der Waals surface area contributed by atoms with Crippen molar-refractivity contribution in [1.82, 2.24) is 4.90 Å². The average Bonchev–Trinajstić information content (AvgIpc) is 3.01. The minimum absolute atomic E-state index is 0.366. The van der Waals surface area contributed by atoms with Gasteiger partial charge in [-0.25, -0.2) is 0 Å². The molecule has 2 aliphatic rings. The number of hydrogen-bond donors (Lipinski definition) is 1. The number of aliphatic carboxylic acids is 1. The predicted octanol–water partition coefficient (Wildman–Crippen LogP) is 2.36. The molecule has 1 heterocycles. The monoisotopic (exact) mass is 225 g/mol. The van der Waals surface area contributed by atoms with E-state index in [4.69, 9.17) is 5.11 Å². The zero-order valence-electron chi connectivity index (χ0n) is 10.2. The molecule has 1 saturated heterocycles. The molecule has 0 bridgehead atoms. The van der Waals surface area contributed by atoms with Gasteiger partial charge in [0.2, 0.25) is 0 Å². The van der Waals surface area contributed by atoms with E-state index in [9.17, 15) is 4.79 Å². The van der Waals surface area contributed by atoms with Crippen molar-refractivity contribution in [3.63, 3.8) is 0 Å². The van der Waals surface area contributed by atoms with Crippen molar-refractivity contribution >= 4 is 5.97 Å². The summed E-state index contributed by atoms with van der Waals surface area (Å²) >= 11 is 0. The van der Waals surface area contributed by atoms with Crippen molar-refractivity contribution in [1.29, 1.82) is 0 Å². The van der Waals surface area contributed by atoms with Crippen molar-refractivity contribution in [2.45, 2.75) is 51.5 Å². The second-order valence-electron chi connectivity index (χ2n) is 5.61. The number of likely N-dealkylation sites (tertiary alicyclic amines) is 1. The van der Waals surface area contributed by atoms with E-state index in [2.05, 4.69) is 11.8 Å². The number of piperidine rings is 1. The summed E-state index contributed by atoms with van der Waals surface area (Å²) in [4.78, 5) is 13.2. The molecule has 2 fully saturated rings. The van der Waals surface area contributed by atoms with Crippen molar-refractivity contribution in [2.24, 2.45) is 11.8 Å². The highest BCUT2D eigenvalue weighted by molar-refractivity contribution is 5.67. The fourth-order valence-electron chi connectivity index (χ4n) is 2.83. The Hall–Kier alpha value is -0.570. The van der Waals surface area contributed by atoms with Crippen molar-refractivity contribution in [3.05, 3.63) is 0 Å². The van der Waals surface area contributed by atoms with Gasteiger partial charge in [-0.2, -0.15) is 0 Å². The first-order valence-electron chi connectivity index (χ1n) is 6.61. The largest absolute Gasteiger partial charge is 0.481 e. The first-order chi connectivity index (χ1) is 7.65. The molecule has 1 unspecified atom stereocenters. The van der Waals surface area contributed by atoms with Crippen LogP contribution in [0.1, 0.15) is 45.4 Å². The fraction of sp³-hybridized carbons (Fsp3) is 0.923. The van der Waals surface area contributed by atoms with Crippen LogP contribution in [-0.4, -0.2) is 35.1 Å². The van der Waals surface area contributed by atoms with Crippen LogP contribution in [0.5, 0.6) is 0 Å². The highest BCUT2D eigenvalue weighted by Crippen LogP contribution is 2.35. The van der Waals surface area contributed by atoms with E-state index < -0.39 is 5.97 Å². The maximum absolute atomic E-state index is 10.6. The van der Waals surface area contributed by atoms with Gasteiger partial charge in [-0.15, -0.1) is 0 Å². The van der Waals surface area contributed by atoms with E-state index in [0.29, 0.717) is 18.4 Å². The van der Waals surface area contributed by atoms with Gasteiger partial charge in [0.15, 0.2) is 0 Å². The summed E-state index contributed by atoms with van der Waals surface area (Å²) in [6.45, 7) is 4.54. The summed E-state index contributed by atoms with van der Waals surface area (Å²) in [6.07, 6.45) is 6.72. The quantitative estimate of drug-likeness (QED) is 0.781. The molecule has 3 heteroatoms. The molecular formula is C13H23NO2. The predicted molar refractivity (Wildman–Crippen MR) is 63.4 cm³/mol. The van der Waals surface area contributed by atoms with Gasteiger partial charge in [-0.3, -0.25) is 4.79 Å². The van der Waals surface area contributed by atoms with Crippen molar-refractivity contribution < 1.29 is 9.90 Å². The van der Waals surface area contributed by atoms with E-state index in [0.717, 1.165) is 31.8 Å². The maximum Gasteiger partial charge on any atom is 0.303 e. The molecule has 0 radical (unpaired) electrons. The van der Waals surface area contributed by atoms with Crippen LogP contribution in [0.3, 0.4) is 0 Å². The molecule has 0 aromatic carbocycles. The Morgan fingerprint density at radius 3 is 2.38 bits per heavy atom. The number of rotatable bonds is 5. The Morgan fingerprint density at radius 2 is 1.88 bits per heavy atom. The normalized spacial score (nSPS) is 25.6. The Labute approximate surface area is 97.8 Å². The van der Waals surface area contributed by atoms with Gasteiger partial charge in [0, 0.05) is 12.5 Å². The molecule has 1 atom stereocenters. The highest BCUT2D eigenvalue weighted by Gasteiger charge is 2.28. The van der Waals surface area contributed by atoms with Gasteiger partial charge in [0.25, 0.3) is 0 Å². The average molecular weight is 225 g/mol. The van der Waals surface area contributed by atoms with Crippen LogP contribution in [-0.2, 0) is 4.79 Å². The topological polar surface area (TPSA) is 40.5 Å². The Balaban J connectivity index is 1.69. The van der Waals surface area contributed by atoms with Crippen LogP contribution in [0.15, 0.2) is 0 Å². The molecule has 16 heavy (non-hydrogen) atoms. The summed E-state index contributed by atoms with van der Waals surface area (Å²) in [5.41, 5.74) is 0. The molecule has 1 aliphatic heterocycles. The second-order valence-corrected chi connectivity index (χ2v) is 5.61. The van der Waals surface area contributed by atoms with Gasteiger partial charge in [0.1, 0.15) is 0 Å². The number of carboxylic acids is 1. The summed E-state index contributed by atoms with van der Waals surface area (Å²) < 4.78 is 0. The number of nitrogens with zero attached hydrogens (tertiary/aromatic N) is 1. The molecule has 1 N–H and O–H groups in total. The third kappa shape index (κ3) is 3.48. The zero-order chi connectivity index (χ0) is 11.5. The molecule has 1 saturated carbocycles. The molecular weight excluding hydrogens is 202 g/mol. The van der Waals surface area contributed by atoms with Crippen LogP contribution in [0.2, 0.25) is 0 Å². The summed E-state index contributed by atoms with van der Waals surface area (Å²) in [5, 5.41) is 8.75. The Kier molecular flexibility index (Phi) is 3.85. The molecule has 0 amide bonds. The van der Waals surface area contributed by atoms with Gasteiger partial charge in [-0.05, 0) is 51.1 Å². The van der Waals surface area contributed by atoms with Crippen molar-refractivity contribution in [3.8, 4) is 0 Å². The van der Waals surface area contributed by atoms with Crippen LogP contribution >= 0.6 is 0 Å². The lowest BCUT2D eigenvalue weighted by atomic mass is 9.92. The Morgan fingerprint density at radius 1 is 1.25 bits per heavy atom. The third-order valence-corrected chi connectivity index (χ3v) is 4.11. The van der Waals surface area contributed by atoms with E-state index in [1.807, 2.05) is 0 Å². The Bertz CT molecular complexity index is 242. The van der Waals surface area contributed by atoms with Crippen LogP contribution in [0, 0.1) is 11.8 Å². The van der Waals surface area contributed by atoms with E-state index in [-0.39, 0.29) is 0 Å². The molecule has 2 rings (SSSR count). The molecule has 0 spiro atoms. The lowest BCUT2D eigenvalue weighted by Gasteiger charge is -2.35. The molecule has 3 nitrogen and oxygen atoms in total. The minimum Gasteiger partial charge on any atom is -0.481 e. The van der Waals surface area contributed by atoms with E-state index in [1.54, 1.807) is 0 Å². The molecule has 0 aromatic rings. The van der Waals surface area contributed by atoms with Gasteiger partial charge in [-0.1, -0.05) is 12.8 Å². The lowest BCUT2D eigenvalue weighted by molar-refractivity contribution is -0.138. The standard InChI is InChI=1S/C13H23NO2/c1-10(8-11-2-3-11)14-6-4-12(5-7-14)9-13(15)16/h10-12H,2-9H2,1H3,(H,15,16). The van der Waals surface area contributed by atoms with Crippen LogP contribution in [0.25, 0.3) is 0 Å². The first-order valence-corrected chi connectivity index (χ1v) is 6.61. The van der Waals surface area contributed by atoms with E-state index in [1.165, 1.54) is 19.3 Å². The maximum atomic E-state index is 10.6. The van der Waals surface area contributed by atoms with Crippen molar-refractivity contribution in [2.75, 3.05) is 13.1 Å². The molecule has 92 valence electrons. The lowest BCUT2D eigenvalue weighted by Crippen LogP contribution is -2.40. The van der Waals surface area contributed by atoms with Gasteiger partial charge in [0.05, 0.1) is 0 Å². The number of carboxylic acid groups (broad SMARTS) is 1. The SMILES string of the molecule is CC(CC1CC1)N1CCC(CC(=O)O)CC1. The first kappa shape index (κ1) is 11.9. The number of hydrogen-bond acceptors (Lipinski definition) is 2. The third-order valence-electron chi connectivity index (χ3n) is 4.11. The minimum atomic E-state index is -0.635. The van der Waals surface area contributed by atoms with Crippen LogP contribution < -0.4 is 0 Å². The zero-order valence-corrected chi connectivity index (χ0v) is 10.2.